The third kappa shape index (κ3) is 5.17. The molecule has 1 atom stereocenters. The van der Waals surface area contributed by atoms with Crippen molar-refractivity contribution in [2.45, 2.75) is 12.3 Å². The van der Waals surface area contributed by atoms with Crippen LogP contribution < -0.4 is 16.4 Å². The Morgan fingerprint density at radius 2 is 1.81 bits per heavy atom. The first kappa shape index (κ1) is 20.2. The number of aliphatic hydroxyl groups excluding tert-OH is 1. The predicted molar refractivity (Wildman–Crippen MR) is 88.3 cm³/mol. The molecule has 5 N–H and O–H groups in total. The van der Waals surface area contributed by atoms with Crippen molar-refractivity contribution in [3.63, 3.8) is 0 Å². The van der Waals surface area contributed by atoms with Gasteiger partial charge in [0.15, 0.2) is 0 Å². The molecular weight excluding hydrogens is 370 g/mol. The Morgan fingerprint density at radius 3 is 2.44 bits per heavy atom. The van der Waals surface area contributed by atoms with Gasteiger partial charge in [-0.05, 0) is 29.8 Å². The summed E-state index contributed by atoms with van der Waals surface area (Å²) in [6.07, 6.45) is -6.26. The largest absolute Gasteiger partial charge is 0.416 e. The van der Waals surface area contributed by atoms with Gasteiger partial charge in [-0.3, -0.25) is 4.79 Å². The second-order valence-electron chi connectivity index (χ2n) is 5.49. The highest BCUT2D eigenvalue weighted by molar-refractivity contribution is 5.96. The molecule has 0 saturated carbocycles. The minimum absolute atomic E-state index is 0.0351. The zero-order valence-corrected chi connectivity index (χ0v) is 13.7. The predicted octanol–water partition coefficient (Wildman–Crippen LogP) is 2.80. The van der Waals surface area contributed by atoms with E-state index < -0.39 is 47.7 Å². The van der Waals surface area contributed by atoms with Crippen LogP contribution in [0.1, 0.15) is 27.6 Å². The molecular formula is C17H15F4N3O3. The lowest BCUT2D eigenvalue weighted by atomic mass is 10.0. The molecule has 0 bridgehead atoms. The standard InChI is InChI=1S/C17H15F4N3O3/c18-13-6-5-9(7-11(13)15(22)26)24-16(27)23-8-14(25)10-3-1-2-4-12(10)17(19,20)21/h1-7,14,25H,8H2,(H2,22,26)(H2,23,24,27). The Labute approximate surface area is 151 Å². The van der Waals surface area contributed by atoms with Crippen molar-refractivity contribution in [1.29, 1.82) is 0 Å². The van der Waals surface area contributed by atoms with Crippen LogP contribution in [0.25, 0.3) is 0 Å². The van der Waals surface area contributed by atoms with Gasteiger partial charge in [0.2, 0.25) is 0 Å². The number of alkyl halides is 3. The van der Waals surface area contributed by atoms with E-state index in [0.29, 0.717) is 0 Å². The van der Waals surface area contributed by atoms with Crippen LogP contribution in [0.4, 0.5) is 28.0 Å². The van der Waals surface area contributed by atoms with E-state index in [9.17, 15) is 32.3 Å². The third-order valence-electron chi connectivity index (χ3n) is 3.57. The highest BCUT2D eigenvalue weighted by Gasteiger charge is 2.34. The lowest BCUT2D eigenvalue weighted by Crippen LogP contribution is -2.33. The maximum atomic E-state index is 13.4. The van der Waals surface area contributed by atoms with Crippen molar-refractivity contribution in [1.82, 2.24) is 5.32 Å². The van der Waals surface area contributed by atoms with Gasteiger partial charge in [0.05, 0.1) is 17.2 Å². The molecule has 10 heteroatoms. The molecule has 0 aliphatic heterocycles. The molecule has 6 nitrogen and oxygen atoms in total. The molecule has 0 aliphatic rings. The molecule has 0 saturated heterocycles. The summed E-state index contributed by atoms with van der Waals surface area (Å²) in [6.45, 7) is -0.511. The van der Waals surface area contributed by atoms with Crippen molar-refractivity contribution in [2.75, 3.05) is 11.9 Å². The molecule has 0 fully saturated rings. The summed E-state index contributed by atoms with van der Waals surface area (Å²) < 4.78 is 52.2. The van der Waals surface area contributed by atoms with Crippen LogP contribution in [0.3, 0.4) is 0 Å². The summed E-state index contributed by atoms with van der Waals surface area (Å²) in [7, 11) is 0. The molecule has 0 aromatic heterocycles. The van der Waals surface area contributed by atoms with E-state index in [4.69, 9.17) is 5.73 Å². The fourth-order valence-corrected chi connectivity index (χ4v) is 2.31. The van der Waals surface area contributed by atoms with Crippen molar-refractivity contribution >= 4 is 17.6 Å². The number of urea groups is 1. The fraction of sp³-hybridized carbons (Fsp3) is 0.176. The Hall–Kier alpha value is -3.14. The average Bonchev–Trinajstić information content (AvgIpc) is 2.60. The molecule has 2 aromatic rings. The van der Waals surface area contributed by atoms with Gasteiger partial charge in [-0.1, -0.05) is 18.2 Å². The number of primary amides is 1. The highest BCUT2D eigenvalue weighted by Crippen LogP contribution is 2.34. The summed E-state index contributed by atoms with van der Waals surface area (Å²) in [5.74, 6) is -1.90. The molecule has 2 rings (SSSR count). The van der Waals surface area contributed by atoms with Crippen LogP contribution in [0, 0.1) is 5.82 Å². The maximum Gasteiger partial charge on any atom is 0.416 e. The lowest BCUT2D eigenvalue weighted by Gasteiger charge is -2.18. The molecule has 0 aliphatic carbocycles. The minimum atomic E-state index is -4.65. The van der Waals surface area contributed by atoms with Gasteiger partial charge in [-0.15, -0.1) is 0 Å². The number of benzene rings is 2. The topological polar surface area (TPSA) is 104 Å². The number of aliphatic hydroxyl groups is 1. The van der Waals surface area contributed by atoms with Gasteiger partial charge in [0.25, 0.3) is 5.91 Å². The Balaban J connectivity index is 2.02. The van der Waals surface area contributed by atoms with Gasteiger partial charge in [0, 0.05) is 12.2 Å². The summed E-state index contributed by atoms with van der Waals surface area (Å²) in [5.41, 5.74) is 3.20. The monoisotopic (exact) mass is 385 g/mol. The molecule has 2 aromatic carbocycles. The number of carbonyl (C=O) groups excluding carboxylic acids is 2. The van der Waals surface area contributed by atoms with Crippen LogP contribution in [-0.4, -0.2) is 23.6 Å². The second-order valence-corrected chi connectivity index (χ2v) is 5.49. The minimum Gasteiger partial charge on any atom is -0.387 e. The average molecular weight is 385 g/mol. The SMILES string of the molecule is NC(=O)c1cc(NC(=O)NCC(O)c2ccccc2C(F)(F)F)ccc1F. The molecule has 0 spiro atoms. The van der Waals surface area contributed by atoms with E-state index in [1.807, 2.05) is 0 Å². The smallest absolute Gasteiger partial charge is 0.387 e. The number of nitrogens with one attached hydrogen (secondary N) is 2. The van der Waals surface area contributed by atoms with Crippen molar-refractivity contribution < 1.29 is 32.3 Å². The van der Waals surface area contributed by atoms with E-state index in [2.05, 4.69) is 10.6 Å². The lowest BCUT2D eigenvalue weighted by molar-refractivity contribution is -0.139. The maximum absolute atomic E-state index is 13.4. The molecule has 1 unspecified atom stereocenters. The normalized spacial score (nSPS) is 12.3. The number of amides is 3. The van der Waals surface area contributed by atoms with Crippen LogP contribution >= 0.6 is 0 Å². The number of hydrogen-bond acceptors (Lipinski definition) is 3. The third-order valence-corrected chi connectivity index (χ3v) is 3.57. The number of nitrogens with two attached hydrogens (primary N) is 1. The second kappa shape index (κ2) is 8.04. The van der Waals surface area contributed by atoms with E-state index in [1.165, 1.54) is 12.1 Å². The molecule has 27 heavy (non-hydrogen) atoms. The number of hydrogen-bond donors (Lipinski definition) is 4. The zero-order valence-electron chi connectivity index (χ0n) is 13.7. The van der Waals surface area contributed by atoms with E-state index >= 15 is 0 Å². The number of rotatable bonds is 5. The van der Waals surface area contributed by atoms with Crippen LogP contribution in [-0.2, 0) is 6.18 Å². The summed E-state index contributed by atoms with van der Waals surface area (Å²) in [6, 6.07) is 6.66. The molecule has 144 valence electrons. The van der Waals surface area contributed by atoms with Gasteiger partial charge >= 0.3 is 12.2 Å². The van der Waals surface area contributed by atoms with Crippen LogP contribution in [0.5, 0.6) is 0 Å². The Bertz CT molecular complexity index is 856. The zero-order chi connectivity index (χ0) is 20.2. The van der Waals surface area contributed by atoms with Crippen LogP contribution in [0.15, 0.2) is 42.5 Å². The van der Waals surface area contributed by atoms with Crippen molar-refractivity contribution in [3.05, 3.63) is 65.0 Å². The molecule has 0 radical (unpaired) electrons. The van der Waals surface area contributed by atoms with Gasteiger partial charge < -0.3 is 21.5 Å². The van der Waals surface area contributed by atoms with E-state index in [0.717, 1.165) is 30.3 Å². The number of anilines is 1. The van der Waals surface area contributed by atoms with Gasteiger partial charge in [-0.25, -0.2) is 9.18 Å². The van der Waals surface area contributed by atoms with Crippen molar-refractivity contribution in [2.24, 2.45) is 5.73 Å². The summed E-state index contributed by atoms with van der Waals surface area (Å²) in [5, 5.41) is 14.4. The first-order valence-electron chi connectivity index (χ1n) is 7.58. The van der Waals surface area contributed by atoms with E-state index in [1.54, 1.807) is 0 Å². The summed E-state index contributed by atoms with van der Waals surface area (Å²) in [4.78, 5) is 22.9. The number of carbonyl (C=O) groups is 2. The van der Waals surface area contributed by atoms with Gasteiger partial charge in [0.1, 0.15) is 5.82 Å². The van der Waals surface area contributed by atoms with E-state index in [-0.39, 0.29) is 11.3 Å². The first-order valence-corrected chi connectivity index (χ1v) is 7.58. The quantitative estimate of drug-likeness (QED) is 0.595. The fourth-order valence-electron chi connectivity index (χ4n) is 2.31. The van der Waals surface area contributed by atoms with Gasteiger partial charge in [-0.2, -0.15) is 13.2 Å². The highest BCUT2D eigenvalue weighted by atomic mass is 19.4. The van der Waals surface area contributed by atoms with Crippen molar-refractivity contribution in [3.8, 4) is 0 Å². The summed E-state index contributed by atoms with van der Waals surface area (Å²) >= 11 is 0. The molecule has 3 amide bonds. The number of halogens is 4. The molecule has 0 heterocycles. The Kier molecular flexibility index (Phi) is 6.01. The van der Waals surface area contributed by atoms with Crippen LogP contribution in [0.2, 0.25) is 0 Å². The Morgan fingerprint density at radius 1 is 1.15 bits per heavy atom. The first-order chi connectivity index (χ1) is 12.6.